The molecule has 0 fully saturated rings. The maximum Gasteiger partial charge on any atom is 0.573 e. The summed E-state index contributed by atoms with van der Waals surface area (Å²) in [4.78, 5) is 15.9. The summed E-state index contributed by atoms with van der Waals surface area (Å²) in [7, 11) is 0. The molecule has 31 heavy (non-hydrogen) atoms. The molecule has 1 aromatic heterocycles. The molecule has 0 saturated heterocycles. The Morgan fingerprint density at radius 3 is 2.77 bits per heavy atom. The van der Waals surface area contributed by atoms with Crippen molar-refractivity contribution in [3.8, 4) is 11.8 Å². The monoisotopic (exact) mass is 438 g/mol. The molecule has 1 unspecified atom stereocenters. The van der Waals surface area contributed by atoms with Crippen LogP contribution >= 0.6 is 0 Å². The van der Waals surface area contributed by atoms with Crippen molar-refractivity contribution in [2.24, 2.45) is 0 Å². The fourth-order valence-corrected chi connectivity index (χ4v) is 3.20. The summed E-state index contributed by atoms with van der Waals surface area (Å²) in [5.41, 5.74) is 0.626. The van der Waals surface area contributed by atoms with Crippen LogP contribution in [0.2, 0.25) is 0 Å². The van der Waals surface area contributed by atoms with Gasteiger partial charge in [0.25, 0.3) is 0 Å². The number of aryl methyl sites for hydroxylation is 1. The van der Waals surface area contributed by atoms with Crippen molar-refractivity contribution in [1.29, 1.82) is 0 Å². The fraction of sp³-hybridized carbons (Fsp3) is 0.316. The first kappa shape index (κ1) is 20.6. The molecular formula is C19H17F3N4O5. The van der Waals surface area contributed by atoms with Crippen LogP contribution in [0.1, 0.15) is 6.42 Å². The second-order valence-corrected chi connectivity index (χ2v) is 6.76. The summed E-state index contributed by atoms with van der Waals surface area (Å²) in [6.07, 6.45) is 2.22. The van der Waals surface area contributed by atoms with Crippen molar-refractivity contribution in [2.75, 3.05) is 18.1 Å². The van der Waals surface area contributed by atoms with Crippen LogP contribution in [0.25, 0.3) is 0 Å². The number of hydrogen-bond donors (Lipinski definition) is 0. The van der Waals surface area contributed by atoms with Crippen molar-refractivity contribution in [3.63, 3.8) is 0 Å². The minimum absolute atomic E-state index is 0.168. The zero-order chi connectivity index (χ0) is 22.0. The van der Waals surface area contributed by atoms with E-state index in [2.05, 4.69) is 9.72 Å². The first-order valence-electron chi connectivity index (χ1n) is 9.30. The van der Waals surface area contributed by atoms with Crippen LogP contribution in [0.5, 0.6) is 11.8 Å². The lowest BCUT2D eigenvalue weighted by Crippen LogP contribution is -2.33. The number of ether oxygens (including phenoxy) is 3. The number of imidazole rings is 1. The number of halogens is 3. The molecule has 12 heteroatoms. The van der Waals surface area contributed by atoms with Crippen LogP contribution in [0.4, 0.5) is 24.7 Å². The van der Waals surface area contributed by atoms with Gasteiger partial charge in [-0.25, -0.2) is 0 Å². The highest BCUT2D eigenvalue weighted by atomic mass is 19.4. The molecule has 0 bridgehead atoms. The van der Waals surface area contributed by atoms with E-state index in [1.165, 1.54) is 30.5 Å². The Bertz CT molecular complexity index is 1020. The van der Waals surface area contributed by atoms with Gasteiger partial charge in [-0.2, -0.15) is 0 Å². The molecule has 1 atom stereocenters. The van der Waals surface area contributed by atoms with Crippen LogP contribution in [0.3, 0.4) is 0 Å². The standard InChI is InChI=1S/C19H17F3N4O5/c20-19(21,22)31-14-6-4-13(5-7-14)25-9-2-1-3-17(25)29-12-15-8-10-24-11-16(26(27)28)23-18(24)30-15/h1-7,11,15H,8-10,12H2. The molecule has 4 rings (SSSR count). The number of nitrogens with zero attached hydrogens (tertiary/aromatic N) is 4. The van der Waals surface area contributed by atoms with Gasteiger partial charge in [0.2, 0.25) is 0 Å². The molecule has 0 spiro atoms. The predicted molar refractivity (Wildman–Crippen MR) is 102 cm³/mol. The van der Waals surface area contributed by atoms with E-state index in [0.717, 1.165) is 0 Å². The zero-order valence-electron chi connectivity index (χ0n) is 16.0. The number of allylic oxidation sites excluding steroid dienone is 2. The summed E-state index contributed by atoms with van der Waals surface area (Å²) in [5.74, 6) is -0.0910. The number of hydrogen-bond acceptors (Lipinski definition) is 7. The maximum absolute atomic E-state index is 12.3. The van der Waals surface area contributed by atoms with E-state index in [4.69, 9.17) is 9.47 Å². The van der Waals surface area contributed by atoms with Crippen LogP contribution in [0.15, 0.2) is 54.6 Å². The van der Waals surface area contributed by atoms with E-state index in [1.807, 2.05) is 12.2 Å². The Labute approximate surface area is 174 Å². The van der Waals surface area contributed by atoms with Gasteiger partial charge in [0, 0.05) is 30.2 Å². The van der Waals surface area contributed by atoms with Crippen molar-refractivity contribution >= 4 is 11.5 Å². The molecule has 9 nitrogen and oxygen atoms in total. The highest BCUT2D eigenvalue weighted by Crippen LogP contribution is 2.29. The molecule has 2 aromatic rings. The molecule has 0 amide bonds. The van der Waals surface area contributed by atoms with Gasteiger partial charge in [-0.3, -0.25) is 4.57 Å². The Morgan fingerprint density at radius 1 is 1.29 bits per heavy atom. The van der Waals surface area contributed by atoms with Gasteiger partial charge in [0.1, 0.15) is 24.7 Å². The zero-order valence-corrected chi connectivity index (χ0v) is 16.0. The summed E-state index contributed by atoms with van der Waals surface area (Å²) >= 11 is 0. The first-order valence-corrected chi connectivity index (χ1v) is 9.30. The molecular weight excluding hydrogens is 421 g/mol. The lowest BCUT2D eigenvalue weighted by Gasteiger charge is -2.30. The van der Waals surface area contributed by atoms with Crippen LogP contribution in [0, 0.1) is 10.1 Å². The number of benzene rings is 1. The third-order valence-electron chi connectivity index (χ3n) is 4.61. The third kappa shape index (κ3) is 4.90. The van der Waals surface area contributed by atoms with Gasteiger partial charge in [0.05, 0.1) is 0 Å². The average molecular weight is 438 g/mol. The van der Waals surface area contributed by atoms with Gasteiger partial charge < -0.3 is 29.2 Å². The molecule has 0 aliphatic carbocycles. The molecule has 2 aliphatic rings. The van der Waals surface area contributed by atoms with Crippen molar-refractivity contribution in [2.45, 2.75) is 25.4 Å². The molecule has 1 aromatic carbocycles. The van der Waals surface area contributed by atoms with E-state index in [0.29, 0.717) is 31.1 Å². The van der Waals surface area contributed by atoms with Gasteiger partial charge in [-0.05, 0) is 35.3 Å². The van der Waals surface area contributed by atoms with E-state index in [9.17, 15) is 23.3 Å². The topological polar surface area (TPSA) is 91.9 Å². The number of nitro groups is 1. The molecule has 3 heterocycles. The largest absolute Gasteiger partial charge is 0.573 e. The second-order valence-electron chi connectivity index (χ2n) is 6.76. The van der Waals surface area contributed by atoms with E-state index in [1.54, 1.807) is 15.5 Å². The number of aromatic nitrogens is 2. The van der Waals surface area contributed by atoms with E-state index in [-0.39, 0.29) is 30.3 Å². The molecule has 0 saturated carbocycles. The Morgan fingerprint density at radius 2 is 2.06 bits per heavy atom. The molecule has 0 N–H and O–H groups in total. The summed E-state index contributed by atoms with van der Waals surface area (Å²) in [6, 6.07) is 5.64. The number of anilines is 1. The Balaban J connectivity index is 1.39. The van der Waals surface area contributed by atoms with Gasteiger partial charge in [-0.15, -0.1) is 13.2 Å². The number of fused-ring (bicyclic) bond motifs is 1. The lowest BCUT2D eigenvalue weighted by molar-refractivity contribution is -0.389. The van der Waals surface area contributed by atoms with Crippen molar-refractivity contribution < 1.29 is 32.3 Å². The summed E-state index contributed by atoms with van der Waals surface area (Å²) < 4.78 is 54.1. The normalized spacial score (nSPS) is 18.1. The maximum atomic E-state index is 12.3. The van der Waals surface area contributed by atoms with Crippen LogP contribution < -0.4 is 14.4 Å². The fourth-order valence-electron chi connectivity index (χ4n) is 3.20. The molecule has 164 valence electrons. The highest BCUT2D eigenvalue weighted by molar-refractivity contribution is 5.55. The van der Waals surface area contributed by atoms with E-state index < -0.39 is 11.3 Å². The summed E-state index contributed by atoms with van der Waals surface area (Å²) in [5, 5.41) is 10.9. The Hall–Kier alpha value is -3.70. The highest BCUT2D eigenvalue weighted by Gasteiger charge is 2.31. The van der Waals surface area contributed by atoms with Crippen molar-refractivity contribution in [3.05, 3.63) is 64.7 Å². The first-order chi connectivity index (χ1) is 14.8. The third-order valence-corrected chi connectivity index (χ3v) is 4.61. The smallest absolute Gasteiger partial charge is 0.475 e. The minimum Gasteiger partial charge on any atom is -0.475 e. The van der Waals surface area contributed by atoms with Crippen LogP contribution in [-0.2, 0) is 11.3 Å². The van der Waals surface area contributed by atoms with Crippen LogP contribution in [-0.4, -0.2) is 40.1 Å². The lowest BCUT2D eigenvalue weighted by atomic mass is 10.2. The van der Waals surface area contributed by atoms with Gasteiger partial charge in [0.15, 0.2) is 5.88 Å². The SMILES string of the molecule is O=[N+]([O-])c1cn2c(n1)OC(COC1=CC=CCN1c1ccc(OC(F)(F)F)cc1)CC2. The quantitative estimate of drug-likeness (QED) is 0.501. The predicted octanol–water partition coefficient (Wildman–Crippen LogP) is 3.78. The number of rotatable bonds is 6. The molecule has 0 radical (unpaired) electrons. The minimum atomic E-state index is -4.75. The second kappa shape index (κ2) is 8.20. The average Bonchev–Trinajstić information content (AvgIpc) is 3.16. The van der Waals surface area contributed by atoms with Gasteiger partial charge in [-0.1, -0.05) is 12.2 Å². The summed E-state index contributed by atoms with van der Waals surface area (Å²) in [6.45, 7) is 1.15. The Kier molecular flexibility index (Phi) is 5.44. The van der Waals surface area contributed by atoms with Gasteiger partial charge >= 0.3 is 18.2 Å². The number of alkyl halides is 3. The van der Waals surface area contributed by atoms with Crippen molar-refractivity contribution in [1.82, 2.24) is 9.55 Å². The van der Waals surface area contributed by atoms with E-state index >= 15 is 0 Å². The molecule has 2 aliphatic heterocycles.